The maximum absolute atomic E-state index is 6.24. The van der Waals surface area contributed by atoms with Gasteiger partial charge in [-0.05, 0) is 41.0 Å². The van der Waals surface area contributed by atoms with Crippen molar-refractivity contribution < 1.29 is 4.42 Å². The van der Waals surface area contributed by atoms with Gasteiger partial charge in [0, 0.05) is 33.3 Å². The van der Waals surface area contributed by atoms with E-state index in [0.717, 1.165) is 33.1 Å². The van der Waals surface area contributed by atoms with Crippen LogP contribution in [0.25, 0.3) is 72.2 Å². The molecular formula is C32H21NO. The van der Waals surface area contributed by atoms with Crippen LogP contribution in [0.3, 0.4) is 0 Å². The first-order valence-electron chi connectivity index (χ1n) is 11.5. The van der Waals surface area contributed by atoms with Gasteiger partial charge in [0.2, 0.25) is 0 Å². The minimum atomic E-state index is 0.925. The molecule has 160 valence electrons. The van der Waals surface area contributed by atoms with Crippen LogP contribution in [-0.4, -0.2) is 4.57 Å². The van der Waals surface area contributed by atoms with Crippen LogP contribution in [0.4, 0.5) is 0 Å². The van der Waals surface area contributed by atoms with Gasteiger partial charge in [-0.15, -0.1) is 0 Å². The summed E-state index contributed by atoms with van der Waals surface area (Å²) in [6.45, 7) is 4.01. The maximum Gasteiger partial charge on any atom is 0.143 e. The second kappa shape index (κ2) is 7.23. The quantitative estimate of drug-likeness (QED) is 0.271. The van der Waals surface area contributed by atoms with E-state index >= 15 is 0 Å². The van der Waals surface area contributed by atoms with Crippen LogP contribution in [0.5, 0.6) is 0 Å². The maximum atomic E-state index is 6.24. The summed E-state index contributed by atoms with van der Waals surface area (Å²) in [5.41, 5.74) is 8.88. The van der Waals surface area contributed by atoms with Crippen LogP contribution in [0.2, 0.25) is 0 Å². The largest absolute Gasteiger partial charge is 0.455 e. The molecule has 2 heteroatoms. The van der Waals surface area contributed by atoms with E-state index in [2.05, 4.69) is 108 Å². The molecule has 0 aliphatic carbocycles. The number of benzene rings is 5. The lowest BCUT2D eigenvalue weighted by atomic mass is 9.98. The van der Waals surface area contributed by atoms with Crippen LogP contribution in [0, 0.1) is 0 Å². The van der Waals surface area contributed by atoms with Gasteiger partial charge in [-0.1, -0.05) is 91.5 Å². The predicted molar refractivity (Wildman–Crippen MR) is 144 cm³/mol. The van der Waals surface area contributed by atoms with Crippen molar-refractivity contribution in [1.29, 1.82) is 0 Å². The highest BCUT2D eigenvalue weighted by atomic mass is 16.3. The molecule has 0 atom stereocenters. The smallest absolute Gasteiger partial charge is 0.143 e. The third-order valence-corrected chi connectivity index (χ3v) is 6.83. The third kappa shape index (κ3) is 2.69. The summed E-state index contributed by atoms with van der Waals surface area (Å²) in [5, 5.41) is 4.79. The number of rotatable bonds is 3. The summed E-state index contributed by atoms with van der Waals surface area (Å²) in [6.07, 6.45) is 1.89. The fourth-order valence-corrected chi connectivity index (χ4v) is 5.20. The van der Waals surface area contributed by atoms with Crippen LogP contribution in [0.15, 0.2) is 120 Å². The zero-order valence-electron chi connectivity index (χ0n) is 18.5. The zero-order chi connectivity index (χ0) is 22.6. The molecule has 0 aliphatic heterocycles. The lowest BCUT2D eigenvalue weighted by Crippen LogP contribution is -1.84. The topological polar surface area (TPSA) is 18.1 Å². The summed E-state index contributed by atoms with van der Waals surface area (Å²) < 4.78 is 8.40. The van der Waals surface area contributed by atoms with Gasteiger partial charge in [-0.25, -0.2) is 0 Å². The molecule has 2 nitrogen and oxygen atoms in total. The number of fused-ring (bicyclic) bond motifs is 6. The minimum Gasteiger partial charge on any atom is -0.455 e. The second-order valence-corrected chi connectivity index (χ2v) is 8.66. The van der Waals surface area contributed by atoms with Gasteiger partial charge in [0.1, 0.15) is 11.2 Å². The second-order valence-electron chi connectivity index (χ2n) is 8.66. The van der Waals surface area contributed by atoms with Gasteiger partial charge < -0.3 is 8.98 Å². The van der Waals surface area contributed by atoms with E-state index in [1.807, 2.05) is 18.3 Å². The summed E-state index contributed by atoms with van der Waals surface area (Å²) in [6, 6.07) is 38.5. The van der Waals surface area contributed by atoms with Gasteiger partial charge in [-0.3, -0.25) is 0 Å². The molecule has 7 rings (SSSR count). The molecule has 34 heavy (non-hydrogen) atoms. The molecule has 0 saturated carbocycles. The minimum absolute atomic E-state index is 0.925. The number of aromatic nitrogens is 1. The van der Waals surface area contributed by atoms with Crippen LogP contribution >= 0.6 is 0 Å². The van der Waals surface area contributed by atoms with Crippen LogP contribution in [0.1, 0.15) is 0 Å². The first-order valence-corrected chi connectivity index (χ1v) is 11.5. The molecule has 0 unspecified atom stereocenters. The number of hydrogen-bond donors (Lipinski definition) is 0. The van der Waals surface area contributed by atoms with Crippen molar-refractivity contribution in [3.8, 4) is 22.3 Å². The van der Waals surface area contributed by atoms with E-state index in [4.69, 9.17) is 4.42 Å². The lowest BCUT2D eigenvalue weighted by Gasteiger charge is -2.07. The standard InChI is InChI=1S/C32H21NO/c1-2-33-29-12-5-3-8-25(29)28-20-23(18-19-30(28)33)21-14-16-22(17-15-21)24-10-7-11-27-26-9-4-6-13-31(26)34-32(24)27/h2-20H,1H2. The van der Waals surface area contributed by atoms with Crippen LogP contribution < -0.4 is 0 Å². The van der Waals surface area contributed by atoms with E-state index in [1.54, 1.807) is 0 Å². The molecule has 0 amide bonds. The molecule has 0 fully saturated rings. The Morgan fingerprint density at radius 3 is 2.09 bits per heavy atom. The summed E-state index contributed by atoms with van der Waals surface area (Å²) in [4.78, 5) is 0. The predicted octanol–water partition coefficient (Wildman–Crippen LogP) is 9.13. The molecule has 0 radical (unpaired) electrons. The number of hydrogen-bond acceptors (Lipinski definition) is 1. The molecule has 0 spiro atoms. The molecule has 2 heterocycles. The average Bonchev–Trinajstić information content (AvgIpc) is 3.44. The van der Waals surface area contributed by atoms with Crippen molar-refractivity contribution in [2.24, 2.45) is 0 Å². The first-order chi connectivity index (χ1) is 16.8. The third-order valence-electron chi connectivity index (χ3n) is 6.83. The highest BCUT2D eigenvalue weighted by molar-refractivity contribution is 6.11. The molecule has 0 saturated heterocycles. The Morgan fingerprint density at radius 1 is 0.559 bits per heavy atom. The lowest BCUT2D eigenvalue weighted by molar-refractivity contribution is 0.670. The SMILES string of the molecule is C=Cn1c2ccccc2c2cc(-c3ccc(-c4cccc5c4oc4ccccc45)cc3)ccc21. The summed E-state index contributed by atoms with van der Waals surface area (Å²) in [7, 11) is 0. The Hall–Kier alpha value is -4.56. The van der Waals surface area contributed by atoms with Crippen molar-refractivity contribution in [3.05, 3.63) is 116 Å². The molecule has 2 aromatic heterocycles. The molecule has 0 N–H and O–H groups in total. The first kappa shape index (κ1) is 19.0. The van der Waals surface area contributed by atoms with E-state index in [9.17, 15) is 0 Å². The van der Waals surface area contributed by atoms with Crippen molar-refractivity contribution >= 4 is 49.9 Å². The number of furan rings is 1. The Balaban J connectivity index is 1.34. The van der Waals surface area contributed by atoms with Gasteiger partial charge in [0.25, 0.3) is 0 Å². The molecular weight excluding hydrogens is 414 g/mol. The van der Waals surface area contributed by atoms with Gasteiger partial charge >= 0.3 is 0 Å². The Kier molecular flexibility index (Phi) is 4.03. The average molecular weight is 436 g/mol. The van der Waals surface area contributed by atoms with Gasteiger partial charge in [-0.2, -0.15) is 0 Å². The fourth-order valence-electron chi connectivity index (χ4n) is 5.20. The van der Waals surface area contributed by atoms with Gasteiger partial charge in [0.05, 0.1) is 11.0 Å². The van der Waals surface area contributed by atoms with Crippen molar-refractivity contribution in [3.63, 3.8) is 0 Å². The fraction of sp³-hybridized carbons (Fsp3) is 0. The van der Waals surface area contributed by atoms with Crippen molar-refractivity contribution in [2.75, 3.05) is 0 Å². The Morgan fingerprint density at radius 2 is 1.24 bits per heavy atom. The summed E-state index contributed by atoms with van der Waals surface area (Å²) in [5.74, 6) is 0. The monoisotopic (exact) mass is 435 g/mol. The normalized spacial score (nSPS) is 11.6. The molecule has 0 bridgehead atoms. The van der Waals surface area contributed by atoms with E-state index < -0.39 is 0 Å². The van der Waals surface area contributed by atoms with E-state index in [1.165, 1.54) is 32.9 Å². The zero-order valence-corrected chi connectivity index (χ0v) is 18.5. The molecule has 5 aromatic carbocycles. The number of nitrogens with zero attached hydrogens (tertiary/aromatic N) is 1. The highest BCUT2D eigenvalue weighted by Gasteiger charge is 2.13. The Labute approximate surface area is 197 Å². The Bertz CT molecular complexity index is 1870. The van der Waals surface area contributed by atoms with Crippen molar-refractivity contribution in [2.45, 2.75) is 0 Å². The van der Waals surface area contributed by atoms with E-state index in [0.29, 0.717) is 0 Å². The number of para-hydroxylation sites is 3. The molecule has 7 aromatic rings. The van der Waals surface area contributed by atoms with Crippen molar-refractivity contribution in [1.82, 2.24) is 4.57 Å². The molecule has 0 aliphatic rings. The highest BCUT2D eigenvalue weighted by Crippen LogP contribution is 2.37. The summed E-state index contributed by atoms with van der Waals surface area (Å²) >= 11 is 0. The van der Waals surface area contributed by atoms with E-state index in [-0.39, 0.29) is 0 Å². The van der Waals surface area contributed by atoms with Crippen LogP contribution in [-0.2, 0) is 0 Å². The van der Waals surface area contributed by atoms with Gasteiger partial charge in [0.15, 0.2) is 0 Å².